The number of nitrogens with one attached hydrogen (secondary N) is 1. The van der Waals surface area contributed by atoms with Gasteiger partial charge in [-0.05, 0) is 51.0 Å². The van der Waals surface area contributed by atoms with E-state index in [1.807, 2.05) is 18.7 Å². The normalized spacial score (nSPS) is 20.7. The van der Waals surface area contributed by atoms with E-state index >= 15 is 0 Å². The Bertz CT molecular complexity index is 868. The summed E-state index contributed by atoms with van der Waals surface area (Å²) in [7, 11) is 0. The Morgan fingerprint density at radius 1 is 1.27 bits per heavy atom. The van der Waals surface area contributed by atoms with E-state index < -0.39 is 0 Å². The van der Waals surface area contributed by atoms with Crippen molar-refractivity contribution in [2.45, 2.75) is 38.3 Å². The Morgan fingerprint density at radius 3 is 2.65 bits per heavy atom. The number of nitrogens with zero attached hydrogens (tertiary/aromatic N) is 2. The van der Waals surface area contributed by atoms with Crippen molar-refractivity contribution in [2.75, 3.05) is 19.7 Å². The van der Waals surface area contributed by atoms with Crippen molar-refractivity contribution in [3.8, 4) is 0 Å². The molecule has 2 aliphatic heterocycles. The SMILES string of the molecule is CC1(C)COC(=O)N1C1CCN(C(=O)c2cc3cc(F)ccc3[nH]2)CC1. The molecule has 7 heteroatoms. The van der Waals surface area contributed by atoms with Crippen LogP contribution in [0.4, 0.5) is 9.18 Å². The molecule has 2 amide bonds. The number of aromatic amines is 1. The molecule has 2 fully saturated rings. The maximum absolute atomic E-state index is 13.3. The van der Waals surface area contributed by atoms with Crippen LogP contribution >= 0.6 is 0 Å². The van der Waals surface area contributed by atoms with Crippen molar-refractivity contribution in [2.24, 2.45) is 0 Å². The molecule has 2 saturated heterocycles. The van der Waals surface area contributed by atoms with Crippen molar-refractivity contribution in [3.63, 3.8) is 0 Å². The van der Waals surface area contributed by atoms with Gasteiger partial charge in [-0.15, -0.1) is 0 Å². The monoisotopic (exact) mass is 359 g/mol. The van der Waals surface area contributed by atoms with E-state index in [1.165, 1.54) is 12.1 Å². The van der Waals surface area contributed by atoms with Crippen molar-refractivity contribution in [1.29, 1.82) is 0 Å². The second-order valence-electron chi connectivity index (χ2n) is 7.67. The smallest absolute Gasteiger partial charge is 0.410 e. The van der Waals surface area contributed by atoms with E-state index in [4.69, 9.17) is 4.74 Å². The zero-order valence-electron chi connectivity index (χ0n) is 14.9. The average Bonchev–Trinajstić information content (AvgIpc) is 3.14. The zero-order chi connectivity index (χ0) is 18.5. The highest BCUT2D eigenvalue weighted by Gasteiger charge is 2.44. The number of benzene rings is 1. The lowest BCUT2D eigenvalue weighted by molar-refractivity contribution is 0.0585. The Balaban J connectivity index is 1.45. The van der Waals surface area contributed by atoms with Crippen molar-refractivity contribution in [1.82, 2.24) is 14.8 Å². The molecule has 0 saturated carbocycles. The first-order chi connectivity index (χ1) is 12.3. The lowest BCUT2D eigenvalue weighted by Gasteiger charge is -2.40. The number of carbonyl (C=O) groups excluding carboxylic acids is 2. The summed E-state index contributed by atoms with van der Waals surface area (Å²) < 4.78 is 18.5. The van der Waals surface area contributed by atoms with Crippen LogP contribution in [0.3, 0.4) is 0 Å². The number of likely N-dealkylation sites (tertiary alicyclic amines) is 1. The van der Waals surface area contributed by atoms with Crippen LogP contribution in [0.5, 0.6) is 0 Å². The van der Waals surface area contributed by atoms with Crippen LogP contribution < -0.4 is 0 Å². The molecule has 138 valence electrons. The van der Waals surface area contributed by atoms with E-state index in [0.29, 0.717) is 30.8 Å². The van der Waals surface area contributed by atoms with Crippen molar-refractivity contribution < 1.29 is 18.7 Å². The molecule has 26 heavy (non-hydrogen) atoms. The molecule has 0 spiro atoms. The van der Waals surface area contributed by atoms with E-state index in [9.17, 15) is 14.0 Å². The molecule has 0 unspecified atom stereocenters. The zero-order valence-corrected chi connectivity index (χ0v) is 14.9. The first kappa shape index (κ1) is 16.9. The van der Waals surface area contributed by atoms with Gasteiger partial charge >= 0.3 is 6.09 Å². The molecule has 0 aliphatic carbocycles. The van der Waals surface area contributed by atoms with Gasteiger partial charge in [0.15, 0.2) is 0 Å². The van der Waals surface area contributed by atoms with Crippen LogP contribution in [-0.2, 0) is 4.74 Å². The Kier molecular flexibility index (Phi) is 3.89. The first-order valence-electron chi connectivity index (χ1n) is 8.89. The highest BCUT2D eigenvalue weighted by atomic mass is 19.1. The summed E-state index contributed by atoms with van der Waals surface area (Å²) in [6, 6.07) is 6.19. The quantitative estimate of drug-likeness (QED) is 0.896. The number of aromatic nitrogens is 1. The maximum Gasteiger partial charge on any atom is 0.410 e. The van der Waals surface area contributed by atoms with Crippen LogP contribution in [0.15, 0.2) is 24.3 Å². The first-order valence-corrected chi connectivity index (χ1v) is 8.89. The second kappa shape index (κ2) is 6.00. The van der Waals surface area contributed by atoms with Crippen LogP contribution in [0, 0.1) is 5.82 Å². The number of halogens is 1. The summed E-state index contributed by atoms with van der Waals surface area (Å²) in [5.41, 5.74) is 0.894. The van der Waals surface area contributed by atoms with Gasteiger partial charge in [-0.25, -0.2) is 9.18 Å². The molecule has 6 nitrogen and oxygen atoms in total. The molecule has 0 radical (unpaired) electrons. The summed E-state index contributed by atoms with van der Waals surface area (Å²) in [4.78, 5) is 31.5. The van der Waals surface area contributed by atoms with Gasteiger partial charge in [0.25, 0.3) is 5.91 Å². The van der Waals surface area contributed by atoms with Crippen LogP contribution in [0.2, 0.25) is 0 Å². The molecule has 2 aliphatic rings. The molecule has 3 heterocycles. The number of H-pyrrole nitrogens is 1. The third kappa shape index (κ3) is 2.81. The minimum atomic E-state index is -0.323. The lowest BCUT2D eigenvalue weighted by Crippen LogP contribution is -2.53. The van der Waals surface area contributed by atoms with Crippen LogP contribution in [-0.4, -0.2) is 58.1 Å². The van der Waals surface area contributed by atoms with Gasteiger partial charge in [0.2, 0.25) is 0 Å². The summed E-state index contributed by atoms with van der Waals surface area (Å²) in [5, 5.41) is 0.685. The van der Waals surface area contributed by atoms with Crippen molar-refractivity contribution in [3.05, 3.63) is 35.8 Å². The number of piperidine rings is 1. The predicted molar refractivity (Wildman–Crippen MR) is 94.4 cm³/mol. The van der Waals surface area contributed by atoms with Gasteiger partial charge in [0, 0.05) is 30.0 Å². The minimum absolute atomic E-state index is 0.0841. The Morgan fingerprint density at radius 2 is 2.00 bits per heavy atom. The number of cyclic esters (lactones) is 1. The number of ether oxygens (including phenoxy) is 1. The fraction of sp³-hybridized carbons (Fsp3) is 0.474. The molecule has 2 aromatic rings. The van der Waals surface area contributed by atoms with Crippen molar-refractivity contribution >= 4 is 22.9 Å². The fourth-order valence-electron chi connectivity index (χ4n) is 3.98. The summed E-state index contributed by atoms with van der Waals surface area (Å²) in [6.07, 6.45) is 1.18. The third-order valence-corrected chi connectivity index (χ3v) is 5.33. The Labute approximate surface area is 150 Å². The molecule has 0 atom stereocenters. The highest BCUT2D eigenvalue weighted by Crippen LogP contribution is 2.31. The van der Waals surface area contributed by atoms with Gasteiger partial charge in [0.1, 0.15) is 18.1 Å². The molecule has 1 aromatic carbocycles. The molecular formula is C19H22FN3O3. The number of amides is 2. The number of rotatable bonds is 2. The van der Waals surface area contributed by atoms with E-state index in [2.05, 4.69) is 4.98 Å². The summed E-state index contributed by atoms with van der Waals surface area (Å²) in [6.45, 7) is 5.55. The van der Waals surface area contributed by atoms with E-state index in [1.54, 1.807) is 17.0 Å². The van der Waals surface area contributed by atoms with Crippen LogP contribution in [0.25, 0.3) is 10.9 Å². The van der Waals surface area contributed by atoms with E-state index in [0.717, 1.165) is 18.4 Å². The minimum Gasteiger partial charge on any atom is -0.447 e. The molecule has 1 N–H and O–H groups in total. The van der Waals surface area contributed by atoms with Gasteiger partial charge in [0.05, 0.1) is 5.54 Å². The topological polar surface area (TPSA) is 65.6 Å². The summed E-state index contributed by atoms with van der Waals surface area (Å²) >= 11 is 0. The molecule has 0 bridgehead atoms. The second-order valence-corrected chi connectivity index (χ2v) is 7.67. The average molecular weight is 359 g/mol. The number of hydrogen-bond acceptors (Lipinski definition) is 3. The third-order valence-electron chi connectivity index (χ3n) is 5.33. The van der Waals surface area contributed by atoms with Gasteiger partial charge < -0.3 is 14.6 Å². The van der Waals surface area contributed by atoms with Gasteiger partial charge in [-0.2, -0.15) is 0 Å². The van der Waals surface area contributed by atoms with Gasteiger partial charge in [-0.3, -0.25) is 9.69 Å². The maximum atomic E-state index is 13.3. The van der Waals surface area contributed by atoms with E-state index in [-0.39, 0.29) is 29.4 Å². The standard InChI is InChI=1S/C19H22FN3O3/c1-19(2)11-26-18(25)23(19)14-5-7-22(8-6-14)17(24)16-10-12-9-13(20)3-4-15(12)21-16/h3-4,9-10,14,21H,5-8,11H2,1-2H3. The van der Waals surface area contributed by atoms with Crippen LogP contribution in [0.1, 0.15) is 37.2 Å². The fourth-order valence-corrected chi connectivity index (χ4v) is 3.98. The number of carbonyl (C=O) groups is 2. The highest BCUT2D eigenvalue weighted by molar-refractivity contribution is 5.98. The molecular weight excluding hydrogens is 337 g/mol. The largest absolute Gasteiger partial charge is 0.447 e. The number of hydrogen-bond donors (Lipinski definition) is 1. The molecule has 1 aromatic heterocycles. The molecule has 4 rings (SSSR count). The Hall–Kier alpha value is -2.57. The lowest BCUT2D eigenvalue weighted by atomic mass is 9.97. The van der Waals surface area contributed by atoms with Gasteiger partial charge in [-0.1, -0.05) is 0 Å². The predicted octanol–water partition coefficient (Wildman–Crippen LogP) is 3.14. The number of fused-ring (bicyclic) bond motifs is 1. The summed E-state index contributed by atoms with van der Waals surface area (Å²) in [5.74, 6) is -0.417.